The molecule has 1 aliphatic heterocycles. The van der Waals surface area contributed by atoms with Gasteiger partial charge in [-0.1, -0.05) is 20.8 Å². The molecule has 1 atom stereocenters. The van der Waals surface area contributed by atoms with E-state index in [1.165, 1.54) is 0 Å². The number of aromatic nitrogens is 4. The fourth-order valence-electron chi connectivity index (χ4n) is 3.39. The summed E-state index contributed by atoms with van der Waals surface area (Å²) in [6.07, 6.45) is 9.35. The third kappa shape index (κ3) is 3.72. The van der Waals surface area contributed by atoms with Gasteiger partial charge in [0.15, 0.2) is 0 Å². The van der Waals surface area contributed by atoms with Gasteiger partial charge in [-0.05, 0) is 19.8 Å². The number of amides is 1. The number of nitrogens with zero attached hydrogens (tertiary/aromatic N) is 5. The monoisotopic (exact) mass is 341 g/mol. The van der Waals surface area contributed by atoms with Gasteiger partial charge in [0.05, 0.1) is 17.6 Å². The van der Waals surface area contributed by atoms with Gasteiger partial charge in [0, 0.05) is 55.1 Å². The van der Waals surface area contributed by atoms with E-state index in [0.717, 1.165) is 42.9 Å². The largest absolute Gasteiger partial charge is 0.342 e. The maximum absolute atomic E-state index is 12.7. The highest BCUT2D eigenvalue weighted by molar-refractivity contribution is 5.81. The smallest absolute Gasteiger partial charge is 0.227 e. The number of likely N-dealkylation sites (tertiary alicyclic amines) is 1. The lowest BCUT2D eigenvalue weighted by Gasteiger charge is -2.36. The Labute approximate surface area is 149 Å². The molecule has 0 bridgehead atoms. The van der Waals surface area contributed by atoms with Gasteiger partial charge in [0.1, 0.15) is 0 Å². The van der Waals surface area contributed by atoms with Crippen molar-refractivity contribution in [2.24, 2.45) is 5.41 Å². The lowest BCUT2D eigenvalue weighted by molar-refractivity contribution is -0.140. The summed E-state index contributed by atoms with van der Waals surface area (Å²) in [6, 6.07) is 0. The Morgan fingerprint density at radius 3 is 2.72 bits per heavy atom. The van der Waals surface area contributed by atoms with Crippen molar-refractivity contribution in [2.75, 3.05) is 13.1 Å². The van der Waals surface area contributed by atoms with Crippen LogP contribution in [-0.2, 0) is 11.3 Å². The predicted octanol–water partition coefficient (Wildman–Crippen LogP) is 3.11. The fraction of sp³-hybridized carbons (Fsp3) is 0.579. The molecule has 6 heteroatoms. The second-order valence-corrected chi connectivity index (χ2v) is 7.72. The van der Waals surface area contributed by atoms with Gasteiger partial charge >= 0.3 is 0 Å². The van der Waals surface area contributed by atoms with Gasteiger partial charge in [0.2, 0.25) is 5.91 Å². The van der Waals surface area contributed by atoms with Crippen molar-refractivity contribution in [3.8, 4) is 11.3 Å². The van der Waals surface area contributed by atoms with Crippen LogP contribution in [-0.4, -0.2) is 43.6 Å². The maximum atomic E-state index is 12.7. The molecule has 0 spiro atoms. The summed E-state index contributed by atoms with van der Waals surface area (Å²) in [4.78, 5) is 23.9. The third-order valence-corrected chi connectivity index (χ3v) is 4.69. The molecule has 6 nitrogen and oxygen atoms in total. The molecule has 1 saturated heterocycles. The summed E-state index contributed by atoms with van der Waals surface area (Å²) >= 11 is 0. The summed E-state index contributed by atoms with van der Waals surface area (Å²) in [5.74, 6) is 0.426. The standard InChI is InChI=1S/C19H27N5O/c1-5-24-13-15(11-22-24)17-16(20-8-9-21-17)14-7-6-10-23(12-14)18(25)19(2,3)4/h8-9,11,13-14H,5-7,10,12H2,1-4H3. The van der Waals surface area contributed by atoms with Crippen LogP contribution in [0.5, 0.6) is 0 Å². The SMILES string of the molecule is CCn1cc(-c2nccnc2C2CCCN(C(=O)C(C)(C)C)C2)cn1. The Morgan fingerprint density at radius 1 is 1.28 bits per heavy atom. The minimum absolute atomic E-state index is 0.210. The summed E-state index contributed by atoms with van der Waals surface area (Å²) < 4.78 is 1.89. The number of carbonyl (C=O) groups is 1. The summed E-state index contributed by atoms with van der Waals surface area (Å²) in [7, 11) is 0. The molecule has 1 unspecified atom stereocenters. The first kappa shape index (κ1) is 17.6. The van der Waals surface area contributed by atoms with E-state index in [9.17, 15) is 4.79 Å². The molecule has 0 aromatic carbocycles. The minimum atomic E-state index is -0.352. The summed E-state index contributed by atoms with van der Waals surface area (Å²) in [5.41, 5.74) is 2.50. The first-order chi connectivity index (χ1) is 11.9. The summed E-state index contributed by atoms with van der Waals surface area (Å²) in [6.45, 7) is 10.4. The number of carbonyl (C=O) groups excluding carboxylic acids is 1. The second kappa shape index (κ2) is 6.94. The zero-order valence-electron chi connectivity index (χ0n) is 15.6. The van der Waals surface area contributed by atoms with Gasteiger partial charge < -0.3 is 4.90 Å². The minimum Gasteiger partial charge on any atom is -0.342 e. The lowest BCUT2D eigenvalue weighted by Crippen LogP contribution is -2.44. The Morgan fingerprint density at radius 2 is 2.04 bits per heavy atom. The van der Waals surface area contributed by atoms with Crippen molar-refractivity contribution < 1.29 is 4.79 Å². The average molecular weight is 341 g/mol. The Bertz CT molecular complexity index is 746. The van der Waals surface area contributed by atoms with Gasteiger partial charge in [0.25, 0.3) is 0 Å². The van der Waals surface area contributed by atoms with E-state index >= 15 is 0 Å². The summed E-state index contributed by atoms with van der Waals surface area (Å²) in [5, 5.41) is 4.36. The molecule has 134 valence electrons. The van der Waals surface area contributed by atoms with Crippen LogP contribution in [0.3, 0.4) is 0 Å². The molecule has 1 aliphatic rings. The zero-order valence-corrected chi connectivity index (χ0v) is 15.6. The molecule has 2 aromatic rings. The molecule has 3 heterocycles. The second-order valence-electron chi connectivity index (χ2n) is 7.72. The van der Waals surface area contributed by atoms with E-state index < -0.39 is 0 Å². The first-order valence-electron chi connectivity index (χ1n) is 9.03. The number of aryl methyl sites for hydroxylation is 1. The van der Waals surface area contributed by atoms with Crippen LogP contribution < -0.4 is 0 Å². The lowest BCUT2D eigenvalue weighted by atomic mass is 9.88. The van der Waals surface area contributed by atoms with Crippen LogP contribution >= 0.6 is 0 Å². The number of piperidine rings is 1. The van der Waals surface area contributed by atoms with Gasteiger partial charge in [-0.25, -0.2) is 0 Å². The van der Waals surface area contributed by atoms with E-state index in [2.05, 4.69) is 22.0 Å². The highest BCUT2D eigenvalue weighted by Gasteiger charge is 2.33. The average Bonchev–Trinajstić information content (AvgIpc) is 3.09. The van der Waals surface area contributed by atoms with Gasteiger partial charge in [-0.2, -0.15) is 5.10 Å². The molecule has 3 rings (SSSR count). The molecule has 0 aliphatic carbocycles. The van der Waals surface area contributed by atoms with Crippen LogP contribution in [0.4, 0.5) is 0 Å². The van der Waals surface area contributed by atoms with Gasteiger partial charge in [-0.15, -0.1) is 0 Å². The maximum Gasteiger partial charge on any atom is 0.227 e. The molecule has 0 saturated carbocycles. The number of rotatable bonds is 3. The van der Waals surface area contributed by atoms with Crippen molar-refractivity contribution in [1.29, 1.82) is 0 Å². The van der Waals surface area contributed by atoms with E-state index in [0.29, 0.717) is 6.54 Å². The highest BCUT2D eigenvalue weighted by atomic mass is 16.2. The number of hydrogen-bond acceptors (Lipinski definition) is 4. The molecule has 25 heavy (non-hydrogen) atoms. The van der Waals surface area contributed by atoms with Gasteiger partial charge in [-0.3, -0.25) is 19.4 Å². The fourth-order valence-corrected chi connectivity index (χ4v) is 3.39. The van der Waals surface area contributed by atoms with E-state index in [-0.39, 0.29) is 17.2 Å². The topological polar surface area (TPSA) is 63.9 Å². The molecule has 1 fully saturated rings. The van der Waals surface area contributed by atoms with Crippen LogP contribution in [0.2, 0.25) is 0 Å². The van der Waals surface area contributed by atoms with Crippen LogP contribution in [0.25, 0.3) is 11.3 Å². The van der Waals surface area contributed by atoms with E-state index in [4.69, 9.17) is 0 Å². The quantitative estimate of drug-likeness (QED) is 0.860. The molecule has 0 N–H and O–H groups in total. The Kier molecular flexibility index (Phi) is 4.88. The van der Waals surface area contributed by atoms with Crippen molar-refractivity contribution in [3.63, 3.8) is 0 Å². The Hall–Kier alpha value is -2.24. The van der Waals surface area contributed by atoms with Crippen molar-refractivity contribution >= 4 is 5.91 Å². The normalized spacial score (nSPS) is 18.4. The predicted molar refractivity (Wildman–Crippen MR) is 96.9 cm³/mol. The first-order valence-corrected chi connectivity index (χ1v) is 9.03. The van der Waals surface area contributed by atoms with Crippen LogP contribution in [0, 0.1) is 5.41 Å². The van der Waals surface area contributed by atoms with Crippen molar-refractivity contribution in [1.82, 2.24) is 24.6 Å². The number of hydrogen-bond donors (Lipinski definition) is 0. The van der Waals surface area contributed by atoms with Crippen LogP contribution in [0.1, 0.15) is 52.1 Å². The van der Waals surface area contributed by atoms with Crippen LogP contribution in [0.15, 0.2) is 24.8 Å². The third-order valence-electron chi connectivity index (χ3n) is 4.69. The van der Waals surface area contributed by atoms with E-state index in [1.54, 1.807) is 12.4 Å². The van der Waals surface area contributed by atoms with E-state index in [1.807, 2.05) is 42.7 Å². The molecule has 2 aromatic heterocycles. The molecular weight excluding hydrogens is 314 g/mol. The molecular formula is C19H27N5O. The molecule has 0 radical (unpaired) electrons. The molecule has 1 amide bonds. The highest BCUT2D eigenvalue weighted by Crippen LogP contribution is 2.33. The zero-order chi connectivity index (χ0) is 18.0. The van der Waals surface area contributed by atoms with Crippen molar-refractivity contribution in [3.05, 3.63) is 30.5 Å². The van der Waals surface area contributed by atoms with Crippen molar-refractivity contribution in [2.45, 2.75) is 53.0 Å². The Balaban J connectivity index is 1.88.